The Labute approximate surface area is 229 Å². The van der Waals surface area contributed by atoms with Crippen LogP contribution in [-0.4, -0.2) is 45.3 Å². The number of aryl methyl sites for hydroxylation is 1. The molecule has 0 atom stereocenters. The van der Waals surface area contributed by atoms with Gasteiger partial charge in [0.25, 0.3) is 11.5 Å². The second kappa shape index (κ2) is 11.0. The summed E-state index contributed by atoms with van der Waals surface area (Å²) < 4.78 is 14.8. The lowest BCUT2D eigenvalue weighted by atomic mass is 10.1. The van der Waals surface area contributed by atoms with Gasteiger partial charge in [-0.15, -0.1) is 0 Å². The second-order valence-corrected chi connectivity index (χ2v) is 9.66. The number of hydrogen-bond donors (Lipinski definition) is 3. The van der Waals surface area contributed by atoms with Crippen molar-refractivity contribution in [1.29, 1.82) is 0 Å². The van der Waals surface area contributed by atoms with Crippen LogP contribution in [0, 0.1) is 19.7 Å². The zero-order chi connectivity index (χ0) is 28.4. The quantitative estimate of drug-likeness (QED) is 0.257. The van der Waals surface area contributed by atoms with Crippen molar-refractivity contribution < 1.29 is 14.0 Å². The fourth-order valence-electron chi connectivity index (χ4n) is 4.42. The molecule has 1 fully saturated rings. The van der Waals surface area contributed by atoms with E-state index < -0.39 is 17.3 Å². The number of rotatable bonds is 9. The Bertz CT molecular complexity index is 1640. The van der Waals surface area contributed by atoms with Crippen molar-refractivity contribution in [2.24, 2.45) is 0 Å². The van der Waals surface area contributed by atoms with Gasteiger partial charge in [-0.1, -0.05) is 12.1 Å². The first-order valence-corrected chi connectivity index (χ1v) is 12.7. The van der Waals surface area contributed by atoms with E-state index in [0.29, 0.717) is 29.3 Å². The molecule has 10 nitrogen and oxygen atoms in total. The Morgan fingerprint density at radius 1 is 1.07 bits per heavy atom. The van der Waals surface area contributed by atoms with Crippen LogP contribution < -0.4 is 21.1 Å². The van der Waals surface area contributed by atoms with Gasteiger partial charge < -0.3 is 20.5 Å². The molecule has 4 aromatic rings. The van der Waals surface area contributed by atoms with Gasteiger partial charge in [-0.3, -0.25) is 19.3 Å². The minimum Gasteiger partial charge on any atom is -0.339 e. The molecule has 0 radical (unpaired) electrons. The van der Waals surface area contributed by atoms with Gasteiger partial charge >= 0.3 is 0 Å². The Kier molecular flexibility index (Phi) is 7.28. The molecule has 3 N–H and O–H groups in total. The lowest BCUT2D eigenvalue weighted by molar-refractivity contribution is -0.106. The fourth-order valence-corrected chi connectivity index (χ4v) is 4.42. The summed E-state index contributed by atoms with van der Waals surface area (Å²) in [5, 5.41) is 5.97. The fraction of sp³-hybridized carbons (Fsp3) is 0.207. The highest BCUT2D eigenvalue weighted by molar-refractivity contribution is 6.09. The van der Waals surface area contributed by atoms with Crippen LogP contribution >= 0.6 is 0 Å². The Morgan fingerprint density at radius 3 is 2.50 bits per heavy atom. The van der Waals surface area contributed by atoms with Crippen molar-refractivity contribution >= 4 is 46.8 Å². The second-order valence-electron chi connectivity index (χ2n) is 9.66. The molecule has 11 heteroatoms. The maximum Gasteiger partial charge on any atom is 0.259 e. The third-order valence-electron chi connectivity index (χ3n) is 6.73. The number of nitrogens with zero attached hydrogens (tertiary/aromatic N) is 4. The highest BCUT2D eigenvalue weighted by Crippen LogP contribution is 2.37. The number of aromatic nitrogens is 3. The average molecular weight is 542 g/mol. The summed E-state index contributed by atoms with van der Waals surface area (Å²) in [5.41, 5.74) is 1.52. The number of anilines is 6. The standard InChI is InChI=1S/C29H28FN7O3/c1-17-8-11-23(22(30)14-17)34-26-24(28(40)36(3)20-9-10-20)25(18(2)27(39)35-26)37(16-38)21-7-4-6-19(15-21)33-29-31-12-5-13-32-29/h4-8,11-16,20H,9-10H2,1-3H3,(H,31,32,33)(H2,34,35,39). The molecule has 0 spiro atoms. The minimum atomic E-state index is -0.550. The van der Waals surface area contributed by atoms with E-state index in [1.54, 1.807) is 67.7 Å². The number of carbonyl (C=O) groups excluding carboxylic acids is 2. The van der Waals surface area contributed by atoms with Crippen LogP contribution in [-0.2, 0) is 4.79 Å². The summed E-state index contributed by atoms with van der Waals surface area (Å²) in [5.74, 6) is -0.611. The third-order valence-corrected chi connectivity index (χ3v) is 6.73. The van der Waals surface area contributed by atoms with Crippen LogP contribution in [0.25, 0.3) is 0 Å². The van der Waals surface area contributed by atoms with Gasteiger partial charge in [-0.2, -0.15) is 0 Å². The first kappa shape index (κ1) is 26.5. The smallest absolute Gasteiger partial charge is 0.259 e. The first-order chi connectivity index (χ1) is 19.3. The summed E-state index contributed by atoms with van der Waals surface area (Å²) in [6.07, 6.45) is 5.43. The molecule has 1 aliphatic rings. The Hall–Kier alpha value is -5.06. The number of amides is 2. The third kappa shape index (κ3) is 5.39. The van der Waals surface area contributed by atoms with Crippen LogP contribution in [0.1, 0.15) is 34.3 Å². The van der Waals surface area contributed by atoms with Gasteiger partial charge in [-0.05, 0) is 68.7 Å². The first-order valence-electron chi connectivity index (χ1n) is 12.7. The van der Waals surface area contributed by atoms with Gasteiger partial charge in [0.1, 0.15) is 17.2 Å². The van der Waals surface area contributed by atoms with Crippen molar-refractivity contribution in [3.05, 3.63) is 93.8 Å². The predicted molar refractivity (Wildman–Crippen MR) is 151 cm³/mol. The number of pyridine rings is 1. The highest BCUT2D eigenvalue weighted by Gasteiger charge is 2.35. The van der Waals surface area contributed by atoms with Crippen molar-refractivity contribution in [2.45, 2.75) is 32.7 Å². The average Bonchev–Trinajstić information content (AvgIpc) is 3.79. The monoisotopic (exact) mass is 541 g/mol. The van der Waals surface area contributed by atoms with Crippen LogP contribution in [0.4, 0.5) is 38.9 Å². The number of halogens is 1. The molecule has 1 aliphatic carbocycles. The zero-order valence-corrected chi connectivity index (χ0v) is 22.2. The summed E-state index contributed by atoms with van der Waals surface area (Å²) in [4.78, 5) is 53.6. The largest absolute Gasteiger partial charge is 0.339 e. The minimum absolute atomic E-state index is 0.00957. The number of H-pyrrole nitrogens is 1. The highest BCUT2D eigenvalue weighted by atomic mass is 19.1. The lowest BCUT2D eigenvalue weighted by Gasteiger charge is -2.27. The Morgan fingerprint density at radius 2 is 1.82 bits per heavy atom. The van der Waals surface area contributed by atoms with Crippen molar-refractivity contribution in [3.63, 3.8) is 0 Å². The van der Waals surface area contributed by atoms with E-state index in [9.17, 15) is 18.8 Å². The predicted octanol–water partition coefficient (Wildman–Crippen LogP) is 4.94. The maximum absolute atomic E-state index is 14.8. The van der Waals surface area contributed by atoms with Gasteiger partial charge in [-0.25, -0.2) is 14.4 Å². The van der Waals surface area contributed by atoms with E-state index in [2.05, 4.69) is 25.6 Å². The van der Waals surface area contributed by atoms with Gasteiger partial charge in [0.2, 0.25) is 12.4 Å². The molecule has 0 aliphatic heterocycles. The zero-order valence-electron chi connectivity index (χ0n) is 22.2. The molecule has 2 heterocycles. The summed E-state index contributed by atoms with van der Waals surface area (Å²) in [6.45, 7) is 3.29. The summed E-state index contributed by atoms with van der Waals surface area (Å²) in [6, 6.07) is 13.2. The molecule has 0 saturated heterocycles. The van der Waals surface area contributed by atoms with E-state index >= 15 is 0 Å². The van der Waals surface area contributed by atoms with Gasteiger partial charge in [0.15, 0.2) is 0 Å². The number of benzene rings is 2. The molecule has 204 valence electrons. The van der Waals surface area contributed by atoms with E-state index in [-0.39, 0.29) is 34.4 Å². The van der Waals surface area contributed by atoms with Gasteiger partial charge in [0, 0.05) is 36.7 Å². The Balaban J connectivity index is 1.65. The molecule has 2 aromatic heterocycles. The number of aromatic amines is 1. The summed E-state index contributed by atoms with van der Waals surface area (Å²) >= 11 is 0. The lowest BCUT2D eigenvalue weighted by Crippen LogP contribution is -2.33. The van der Waals surface area contributed by atoms with Crippen molar-refractivity contribution in [1.82, 2.24) is 19.9 Å². The van der Waals surface area contributed by atoms with E-state index in [0.717, 1.165) is 12.8 Å². The van der Waals surface area contributed by atoms with Crippen LogP contribution in [0.15, 0.2) is 65.7 Å². The molecule has 0 bridgehead atoms. The maximum atomic E-state index is 14.8. The summed E-state index contributed by atoms with van der Waals surface area (Å²) in [7, 11) is 1.68. The molecule has 40 heavy (non-hydrogen) atoms. The molecule has 1 saturated carbocycles. The van der Waals surface area contributed by atoms with Crippen LogP contribution in [0.5, 0.6) is 0 Å². The molecule has 2 aromatic carbocycles. The topological polar surface area (TPSA) is 123 Å². The van der Waals surface area contributed by atoms with E-state index in [4.69, 9.17) is 0 Å². The number of nitrogens with one attached hydrogen (secondary N) is 3. The van der Waals surface area contributed by atoms with Crippen LogP contribution in [0.2, 0.25) is 0 Å². The number of carbonyl (C=O) groups is 2. The van der Waals surface area contributed by atoms with Crippen molar-refractivity contribution in [2.75, 3.05) is 22.6 Å². The van der Waals surface area contributed by atoms with Crippen molar-refractivity contribution in [3.8, 4) is 0 Å². The molecular weight excluding hydrogens is 513 g/mol. The number of hydrogen-bond acceptors (Lipinski definition) is 7. The SMILES string of the molecule is Cc1ccc(Nc2[nH]c(=O)c(C)c(N(C=O)c3cccc(Nc4ncccn4)c3)c2C(=O)N(C)C2CC2)c(F)c1. The van der Waals surface area contributed by atoms with E-state index in [1.807, 2.05) is 0 Å². The molecular formula is C29H28FN7O3. The van der Waals surface area contributed by atoms with Gasteiger partial charge in [0.05, 0.1) is 17.1 Å². The molecule has 5 rings (SSSR count). The van der Waals surface area contributed by atoms with E-state index in [1.165, 1.54) is 24.0 Å². The molecule has 0 unspecified atom stereocenters. The molecule has 2 amide bonds. The normalized spacial score (nSPS) is 12.5. The van der Waals surface area contributed by atoms with Crippen LogP contribution in [0.3, 0.4) is 0 Å².